The van der Waals surface area contributed by atoms with Crippen LogP contribution >= 0.6 is 0 Å². The highest BCUT2D eigenvalue weighted by atomic mass is 16.6. The second-order valence-electron chi connectivity index (χ2n) is 7.16. The molecule has 5 unspecified atom stereocenters. The van der Waals surface area contributed by atoms with Gasteiger partial charge in [0.15, 0.2) is 0 Å². The third-order valence-electron chi connectivity index (χ3n) is 5.30. The number of aliphatic hydroxyl groups is 1. The number of benzene rings is 2. The Labute approximate surface area is 162 Å². The zero-order valence-corrected chi connectivity index (χ0v) is 16.2. The third-order valence-corrected chi connectivity index (χ3v) is 5.30. The molecule has 1 saturated heterocycles. The second kappa shape index (κ2) is 10.00. The standard InChI is InChI=1S/C23H30O4/c1-3-20-21(14-24)27-17(2)22(25-15-18-10-6-4-7-11-18)23(20)26-16-19-12-8-5-9-13-19/h4-13,17,20-24H,3,14-16H2,1-2H3. The van der Waals surface area contributed by atoms with Gasteiger partial charge in [-0.25, -0.2) is 0 Å². The molecule has 0 aliphatic carbocycles. The van der Waals surface area contributed by atoms with Crippen LogP contribution in [-0.4, -0.2) is 36.1 Å². The Hall–Kier alpha value is -1.72. The Morgan fingerprint density at radius 2 is 1.37 bits per heavy atom. The highest BCUT2D eigenvalue weighted by Crippen LogP contribution is 2.33. The summed E-state index contributed by atoms with van der Waals surface area (Å²) in [5, 5.41) is 9.79. The summed E-state index contributed by atoms with van der Waals surface area (Å²) < 4.78 is 18.7. The van der Waals surface area contributed by atoms with Crippen molar-refractivity contribution in [3.05, 3.63) is 71.8 Å². The van der Waals surface area contributed by atoms with Crippen molar-refractivity contribution in [3.63, 3.8) is 0 Å². The molecule has 1 aliphatic heterocycles. The molecule has 0 radical (unpaired) electrons. The van der Waals surface area contributed by atoms with Crippen molar-refractivity contribution in [2.24, 2.45) is 5.92 Å². The largest absolute Gasteiger partial charge is 0.394 e. The Kier molecular flexibility index (Phi) is 7.41. The molecule has 1 N–H and O–H groups in total. The van der Waals surface area contributed by atoms with E-state index in [2.05, 4.69) is 31.2 Å². The lowest BCUT2D eigenvalue weighted by Gasteiger charge is -2.45. The van der Waals surface area contributed by atoms with Gasteiger partial charge in [-0.15, -0.1) is 0 Å². The van der Waals surface area contributed by atoms with E-state index in [0.29, 0.717) is 13.2 Å². The van der Waals surface area contributed by atoms with Crippen LogP contribution in [0.15, 0.2) is 60.7 Å². The fourth-order valence-electron chi connectivity index (χ4n) is 3.83. The summed E-state index contributed by atoms with van der Waals surface area (Å²) in [6.45, 7) is 5.16. The SMILES string of the molecule is CCC1C(CO)OC(C)C(OCc2ccccc2)C1OCc1ccccc1. The van der Waals surface area contributed by atoms with E-state index in [4.69, 9.17) is 14.2 Å². The first-order valence-electron chi connectivity index (χ1n) is 9.80. The lowest BCUT2D eigenvalue weighted by atomic mass is 9.85. The second-order valence-corrected chi connectivity index (χ2v) is 7.16. The number of rotatable bonds is 8. The number of ether oxygens (including phenoxy) is 3. The fourth-order valence-corrected chi connectivity index (χ4v) is 3.83. The van der Waals surface area contributed by atoms with Crippen molar-refractivity contribution in [3.8, 4) is 0 Å². The van der Waals surface area contributed by atoms with E-state index >= 15 is 0 Å². The van der Waals surface area contributed by atoms with Gasteiger partial charge in [0.2, 0.25) is 0 Å². The van der Waals surface area contributed by atoms with E-state index in [1.54, 1.807) is 0 Å². The topological polar surface area (TPSA) is 47.9 Å². The summed E-state index contributed by atoms with van der Waals surface area (Å²) in [4.78, 5) is 0. The normalized spacial score (nSPS) is 28.2. The molecule has 27 heavy (non-hydrogen) atoms. The molecule has 1 heterocycles. The van der Waals surface area contributed by atoms with Gasteiger partial charge in [0.25, 0.3) is 0 Å². The lowest BCUT2D eigenvalue weighted by Crippen LogP contribution is -2.56. The summed E-state index contributed by atoms with van der Waals surface area (Å²) >= 11 is 0. The van der Waals surface area contributed by atoms with Crippen LogP contribution in [-0.2, 0) is 27.4 Å². The Morgan fingerprint density at radius 1 is 0.852 bits per heavy atom. The minimum Gasteiger partial charge on any atom is -0.394 e. The molecular formula is C23H30O4. The molecule has 2 aromatic rings. The minimum atomic E-state index is -0.220. The van der Waals surface area contributed by atoms with Crippen molar-refractivity contribution in [2.75, 3.05) is 6.61 Å². The average Bonchev–Trinajstić information content (AvgIpc) is 2.72. The van der Waals surface area contributed by atoms with Crippen LogP contribution in [0.5, 0.6) is 0 Å². The predicted molar refractivity (Wildman–Crippen MR) is 105 cm³/mol. The summed E-state index contributed by atoms with van der Waals surface area (Å²) in [7, 11) is 0. The fraction of sp³-hybridized carbons (Fsp3) is 0.478. The molecule has 0 bridgehead atoms. The molecule has 0 spiro atoms. The minimum absolute atomic E-state index is 0.000547. The highest BCUT2D eigenvalue weighted by Gasteiger charge is 2.44. The van der Waals surface area contributed by atoms with Crippen LogP contribution in [0.3, 0.4) is 0 Å². The summed E-state index contributed by atoms with van der Waals surface area (Å²) in [5.41, 5.74) is 2.26. The summed E-state index contributed by atoms with van der Waals surface area (Å²) in [6, 6.07) is 20.3. The first-order chi connectivity index (χ1) is 13.2. The summed E-state index contributed by atoms with van der Waals surface area (Å²) in [5.74, 6) is 0.0932. The molecular weight excluding hydrogens is 340 g/mol. The number of hydrogen-bond acceptors (Lipinski definition) is 4. The molecule has 146 valence electrons. The quantitative estimate of drug-likeness (QED) is 0.764. The Morgan fingerprint density at radius 3 is 1.85 bits per heavy atom. The van der Waals surface area contributed by atoms with Crippen molar-refractivity contribution in [2.45, 2.75) is 57.9 Å². The zero-order valence-electron chi connectivity index (χ0n) is 16.2. The molecule has 2 aromatic carbocycles. The number of aliphatic hydroxyl groups excluding tert-OH is 1. The first-order valence-corrected chi connectivity index (χ1v) is 9.80. The van der Waals surface area contributed by atoms with Crippen LogP contribution in [0.2, 0.25) is 0 Å². The van der Waals surface area contributed by atoms with E-state index in [9.17, 15) is 5.11 Å². The van der Waals surface area contributed by atoms with E-state index in [1.807, 2.05) is 43.3 Å². The van der Waals surface area contributed by atoms with Gasteiger partial charge in [-0.05, 0) is 24.5 Å². The van der Waals surface area contributed by atoms with Gasteiger partial charge in [0.05, 0.1) is 38.1 Å². The van der Waals surface area contributed by atoms with Crippen molar-refractivity contribution < 1.29 is 19.3 Å². The van der Waals surface area contributed by atoms with Gasteiger partial charge < -0.3 is 19.3 Å². The molecule has 4 heteroatoms. The van der Waals surface area contributed by atoms with E-state index in [-0.39, 0.29) is 36.9 Å². The molecule has 1 aliphatic rings. The zero-order chi connectivity index (χ0) is 19.1. The molecule has 3 rings (SSSR count). The van der Waals surface area contributed by atoms with E-state index in [1.165, 1.54) is 0 Å². The first kappa shape index (κ1) is 20.0. The van der Waals surface area contributed by atoms with Gasteiger partial charge in [0.1, 0.15) is 6.10 Å². The van der Waals surface area contributed by atoms with Gasteiger partial charge in [-0.1, -0.05) is 67.6 Å². The van der Waals surface area contributed by atoms with Crippen LogP contribution in [0.4, 0.5) is 0 Å². The Balaban J connectivity index is 1.73. The smallest absolute Gasteiger partial charge is 0.110 e. The number of hydrogen-bond donors (Lipinski definition) is 1. The van der Waals surface area contributed by atoms with Crippen molar-refractivity contribution in [1.82, 2.24) is 0 Å². The van der Waals surface area contributed by atoms with Gasteiger partial charge in [0, 0.05) is 5.92 Å². The monoisotopic (exact) mass is 370 g/mol. The Bertz CT molecular complexity index is 661. The molecule has 0 aromatic heterocycles. The van der Waals surface area contributed by atoms with Crippen LogP contribution in [0, 0.1) is 5.92 Å². The van der Waals surface area contributed by atoms with Crippen LogP contribution in [0.25, 0.3) is 0 Å². The van der Waals surface area contributed by atoms with Crippen molar-refractivity contribution >= 4 is 0 Å². The molecule has 5 atom stereocenters. The van der Waals surface area contributed by atoms with Gasteiger partial charge in [-0.3, -0.25) is 0 Å². The van der Waals surface area contributed by atoms with Crippen LogP contribution < -0.4 is 0 Å². The van der Waals surface area contributed by atoms with Crippen LogP contribution in [0.1, 0.15) is 31.4 Å². The molecule has 1 fully saturated rings. The summed E-state index contributed by atoms with van der Waals surface area (Å²) in [6.07, 6.45) is 0.195. The molecule has 4 nitrogen and oxygen atoms in total. The predicted octanol–water partition coefficient (Wildman–Crippen LogP) is 3.96. The molecule has 0 amide bonds. The highest BCUT2D eigenvalue weighted by molar-refractivity contribution is 5.14. The van der Waals surface area contributed by atoms with Crippen molar-refractivity contribution in [1.29, 1.82) is 0 Å². The van der Waals surface area contributed by atoms with E-state index in [0.717, 1.165) is 17.5 Å². The van der Waals surface area contributed by atoms with E-state index < -0.39 is 0 Å². The maximum Gasteiger partial charge on any atom is 0.110 e. The lowest BCUT2D eigenvalue weighted by molar-refractivity contribution is -0.236. The third kappa shape index (κ3) is 5.17. The van der Waals surface area contributed by atoms with Gasteiger partial charge >= 0.3 is 0 Å². The van der Waals surface area contributed by atoms with Gasteiger partial charge in [-0.2, -0.15) is 0 Å². The molecule has 0 saturated carbocycles. The maximum absolute atomic E-state index is 9.79. The maximum atomic E-state index is 9.79. The average molecular weight is 370 g/mol.